The number of carbonyl (C=O) groups is 1. The standard InChI is InChI=1S/C23H30N2O3.ClH/c1-16-8-9-20(14-21(16)28-15-18-10-12-27-13-11-18)25-23(26)17(2)22(24)19-6-4-3-5-7-19;/h3-9,14,17-18,22H,10-13,15,24H2,1-2H3,(H,25,26);1H. The van der Waals surface area contributed by atoms with Crippen LogP contribution in [0.15, 0.2) is 48.5 Å². The first-order valence-corrected chi connectivity index (χ1v) is 9.97. The highest BCUT2D eigenvalue weighted by molar-refractivity contribution is 5.93. The zero-order chi connectivity index (χ0) is 19.9. The van der Waals surface area contributed by atoms with E-state index in [1.54, 1.807) is 0 Å². The Hall–Kier alpha value is -2.08. The molecule has 2 aromatic rings. The highest BCUT2D eigenvalue weighted by Crippen LogP contribution is 2.26. The van der Waals surface area contributed by atoms with Gasteiger partial charge in [0, 0.05) is 31.0 Å². The monoisotopic (exact) mass is 418 g/mol. The number of amides is 1. The van der Waals surface area contributed by atoms with Gasteiger partial charge in [0.05, 0.1) is 12.5 Å². The van der Waals surface area contributed by atoms with Gasteiger partial charge >= 0.3 is 0 Å². The van der Waals surface area contributed by atoms with E-state index in [1.165, 1.54) is 0 Å². The van der Waals surface area contributed by atoms with Crippen molar-refractivity contribution < 1.29 is 14.3 Å². The molecule has 0 aromatic heterocycles. The number of nitrogens with two attached hydrogens (primary N) is 1. The maximum absolute atomic E-state index is 12.7. The zero-order valence-corrected chi connectivity index (χ0v) is 17.9. The van der Waals surface area contributed by atoms with Crippen molar-refractivity contribution in [3.05, 3.63) is 59.7 Å². The number of nitrogens with one attached hydrogen (secondary N) is 1. The van der Waals surface area contributed by atoms with Gasteiger partial charge in [-0.2, -0.15) is 0 Å². The Bertz CT molecular complexity index is 779. The average Bonchev–Trinajstić information content (AvgIpc) is 2.74. The van der Waals surface area contributed by atoms with Gasteiger partial charge in [0.2, 0.25) is 5.91 Å². The predicted octanol–water partition coefficient (Wildman–Crippen LogP) is 4.50. The summed E-state index contributed by atoms with van der Waals surface area (Å²) in [6, 6.07) is 15.1. The molecule has 2 unspecified atom stereocenters. The molecule has 1 amide bonds. The molecular weight excluding hydrogens is 388 g/mol. The molecule has 0 spiro atoms. The smallest absolute Gasteiger partial charge is 0.229 e. The van der Waals surface area contributed by atoms with Gasteiger partial charge in [-0.15, -0.1) is 12.4 Å². The third kappa shape index (κ3) is 6.46. The van der Waals surface area contributed by atoms with Crippen molar-refractivity contribution in [3.8, 4) is 5.75 Å². The summed E-state index contributed by atoms with van der Waals surface area (Å²) in [7, 11) is 0. The SMILES string of the molecule is Cc1ccc(NC(=O)C(C)C(N)c2ccccc2)cc1OCC1CCOCC1.Cl. The van der Waals surface area contributed by atoms with E-state index in [0.29, 0.717) is 12.5 Å². The first-order valence-electron chi connectivity index (χ1n) is 9.97. The van der Waals surface area contributed by atoms with Crippen LogP contribution in [0.25, 0.3) is 0 Å². The summed E-state index contributed by atoms with van der Waals surface area (Å²) >= 11 is 0. The van der Waals surface area contributed by atoms with Gasteiger partial charge in [0.15, 0.2) is 0 Å². The Morgan fingerprint density at radius 2 is 1.90 bits per heavy atom. The molecule has 0 bridgehead atoms. The minimum absolute atomic E-state index is 0. The molecular formula is C23H31ClN2O3. The van der Waals surface area contributed by atoms with Crippen molar-refractivity contribution in [3.63, 3.8) is 0 Å². The van der Waals surface area contributed by atoms with Gasteiger partial charge in [0.25, 0.3) is 0 Å². The first-order chi connectivity index (χ1) is 13.5. The lowest BCUT2D eigenvalue weighted by molar-refractivity contribution is -0.120. The van der Waals surface area contributed by atoms with Crippen LogP contribution in [0.1, 0.15) is 36.9 Å². The number of rotatable bonds is 7. The average molecular weight is 419 g/mol. The third-order valence-electron chi connectivity index (χ3n) is 5.41. The van der Waals surface area contributed by atoms with Crippen LogP contribution in [0.5, 0.6) is 5.75 Å². The Kier molecular flexibility index (Phi) is 8.96. The van der Waals surface area contributed by atoms with Crippen LogP contribution in [0.4, 0.5) is 5.69 Å². The van der Waals surface area contributed by atoms with E-state index in [2.05, 4.69) is 5.32 Å². The van der Waals surface area contributed by atoms with E-state index in [0.717, 1.165) is 48.6 Å². The van der Waals surface area contributed by atoms with E-state index in [4.69, 9.17) is 15.2 Å². The third-order valence-corrected chi connectivity index (χ3v) is 5.41. The number of hydrogen-bond donors (Lipinski definition) is 2. The zero-order valence-electron chi connectivity index (χ0n) is 17.1. The fourth-order valence-corrected chi connectivity index (χ4v) is 3.34. The Labute approximate surface area is 179 Å². The van der Waals surface area contributed by atoms with E-state index in [9.17, 15) is 4.79 Å². The number of anilines is 1. The molecule has 158 valence electrons. The molecule has 0 aliphatic carbocycles. The molecule has 1 aliphatic rings. The molecule has 3 N–H and O–H groups in total. The van der Waals surface area contributed by atoms with Crippen LogP contribution in [0, 0.1) is 18.8 Å². The van der Waals surface area contributed by atoms with E-state index in [-0.39, 0.29) is 30.3 Å². The van der Waals surface area contributed by atoms with Crippen LogP contribution >= 0.6 is 12.4 Å². The highest BCUT2D eigenvalue weighted by Gasteiger charge is 2.22. The van der Waals surface area contributed by atoms with Crippen molar-refractivity contribution in [1.29, 1.82) is 0 Å². The van der Waals surface area contributed by atoms with E-state index in [1.807, 2.05) is 62.4 Å². The van der Waals surface area contributed by atoms with Crippen LogP contribution in [0.3, 0.4) is 0 Å². The summed E-state index contributed by atoms with van der Waals surface area (Å²) < 4.78 is 11.4. The van der Waals surface area contributed by atoms with Gasteiger partial charge in [0.1, 0.15) is 5.75 Å². The van der Waals surface area contributed by atoms with Crippen LogP contribution in [0.2, 0.25) is 0 Å². The maximum Gasteiger partial charge on any atom is 0.229 e. The predicted molar refractivity (Wildman–Crippen MR) is 119 cm³/mol. The van der Waals surface area contributed by atoms with E-state index < -0.39 is 0 Å². The van der Waals surface area contributed by atoms with Crippen molar-refractivity contribution in [2.24, 2.45) is 17.6 Å². The number of carbonyl (C=O) groups excluding carboxylic acids is 1. The molecule has 29 heavy (non-hydrogen) atoms. The van der Waals surface area contributed by atoms with Gasteiger partial charge in [-0.25, -0.2) is 0 Å². The van der Waals surface area contributed by atoms with Crippen molar-refractivity contribution in [2.75, 3.05) is 25.1 Å². The van der Waals surface area contributed by atoms with Crippen LogP contribution in [-0.4, -0.2) is 25.7 Å². The number of benzene rings is 2. The molecule has 2 aromatic carbocycles. The van der Waals surface area contributed by atoms with Gasteiger partial charge < -0.3 is 20.5 Å². The summed E-state index contributed by atoms with van der Waals surface area (Å²) in [5.74, 6) is 0.880. The molecule has 0 saturated carbocycles. The summed E-state index contributed by atoms with van der Waals surface area (Å²) in [4.78, 5) is 12.7. The molecule has 0 radical (unpaired) electrons. The van der Waals surface area contributed by atoms with Crippen molar-refractivity contribution >= 4 is 24.0 Å². The molecule has 3 rings (SSSR count). The lowest BCUT2D eigenvalue weighted by Gasteiger charge is -2.23. The maximum atomic E-state index is 12.7. The fraction of sp³-hybridized carbons (Fsp3) is 0.435. The quantitative estimate of drug-likeness (QED) is 0.694. The highest BCUT2D eigenvalue weighted by atomic mass is 35.5. The molecule has 1 aliphatic heterocycles. The number of ether oxygens (including phenoxy) is 2. The van der Waals surface area contributed by atoms with Gasteiger partial charge in [-0.3, -0.25) is 4.79 Å². The second-order valence-electron chi connectivity index (χ2n) is 7.56. The Morgan fingerprint density at radius 3 is 2.59 bits per heavy atom. The normalized spacial score (nSPS) is 16.4. The summed E-state index contributed by atoms with van der Waals surface area (Å²) in [6.07, 6.45) is 2.06. The molecule has 2 atom stereocenters. The van der Waals surface area contributed by atoms with Gasteiger partial charge in [-0.1, -0.05) is 43.3 Å². The van der Waals surface area contributed by atoms with Crippen LogP contribution < -0.4 is 15.8 Å². The second-order valence-corrected chi connectivity index (χ2v) is 7.56. The molecule has 1 saturated heterocycles. The van der Waals surface area contributed by atoms with Crippen LogP contribution in [-0.2, 0) is 9.53 Å². The molecule has 1 fully saturated rings. The second kappa shape index (κ2) is 11.2. The lowest BCUT2D eigenvalue weighted by Crippen LogP contribution is -2.30. The van der Waals surface area contributed by atoms with Gasteiger partial charge in [-0.05, 0) is 42.9 Å². The first kappa shape index (κ1) is 23.2. The number of halogens is 1. The van der Waals surface area contributed by atoms with Crippen molar-refractivity contribution in [1.82, 2.24) is 0 Å². The summed E-state index contributed by atoms with van der Waals surface area (Å²) in [6.45, 7) is 6.16. The number of hydrogen-bond acceptors (Lipinski definition) is 4. The summed E-state index contributed by atoms with van der Waals surface area (Å²) in [5.41, 5.74) is 9.02. The number of aryl methyl sites for hydroxylation is 1. The fourth-order valence-electron chi connectivity index (χ4n) is 3.34. The van der Waals surface area contributed by atoms with Crippen molar-refractivity contribution in [2.45, 2.75) is 32.7 Å². The Morgan fingerprint density at radius 1 is 1.21 bits per heavy atom. The largest absolute Gasteiger partial charge is 0.493 e. The summed E-state index contributed by atoms with van der Waals surface area (Å²) in [5, 5.41) is 2.98. The lowest BCUT2D eigenvalue weighted by atomic mass is 9.94. The topological polar surface area (TPSA) is 73.6 Å². The molecule has 5 nitrogen and oxygen atoms in total. The Balaban J connectivity index is 0.00000300. The minimum Gasteiger partial charge on any atom is -0.493 e. The molecule has 6 heteroatoms. The minimum atomic E-state index is -0.352. The molecule has 1 heterocycles. The van der Waals surface area contributed by atoms with E-state index >= 15 is 0 Å².